The van der Waals surface area contributed by atoms with E-state index in [0.717, 1.165) is 11.1 Å². The summed E-state index contributed by atoms with van der Waals surface area (Å²) in [4.78, 5) is 64.0. The lowest BCUT2D eigenvalue weighted by atomic mass is 9.42. The SMILES string of the molecule is COC(=O)/C(C)=C\CC1(O)C(=O)C2CC(C(C)C)C13Oc1c(CC=C(C)C)c4c(c(OC(=O)c5ccc(O[C@@H]6O[C@H](CO)[C@@H](O)[C@H](O)[C@H]6O)cc5)c1C1=C3C2C2C(=O)c3ccccc3C2=N1)C=CC(C)(CCC=C(C)C)O4. The summed E-state index contributed by atoms with van der Waals surface area (Å²) in [7, 11) is 1.26. The Morgan fingerprint density at radius 1 is 0.896 bits per heavy atom. The molecule has 8 aliphatic rings. The van der Waals surface area contributed by atoms with Gasteiger partial charge in [-0.3, -0.25) is 14.6 Å². The molecule has 77 heavy (non-hydrogen) atoms. The van der Waals surface area contributed by atoms with Gasteiger partial charge in [0, 0.05) is 52.0 Å². The number of fused-ring (bicyclic) bond motifs is 8. The number of carbonyl (C=O) groups excluding carboxylic acids is 4. The molecule has 4 heterocycles. The third-order valence-electron chi connectivity index (χ3n) is 16.7. The van der Waals surface area contributed by atoms with Crippen LogP contribution in [0.5, 0.6) is 23.0 Å². The fourth-order valence-electron chi connectivity index (χ4n) is 12.8. The van der Waals surface area contributed by atoms with E-state index in [1.807, 2.05) is 78.8 Å². The number of ether oxygens (including phenoxy) is 6. The third-order valence-corrected chi connectivity index (χ3v) is 16.7. The van der Waals surface area contributed by atoms with Gasteiger partial charge in [0.15, 0.2) is 28.5 Å². The summed E-state index contributed by atoms with van der Waals surface area (Å²) in [5.74, 6) is -4.88. The van der Waals surface area contributed by atoms with Gasteiger partial charge in [0.05, 0.1) is 47.7 Å². The number of aliphatic hydroxyl groups is 5. The minimum absolute atomic E-state index is 0.0283. The second-order valence-corrected chi connectivity index (χ2v) is 22.5. The van der Waals surface area contributed by atoms with Crippen molar-refractivity contribution >= 4 is 41.0 Å². The molecule has 0 aromatic heterocycles. The molecule has 12 atom stereocenters. The standard InChI is InChI=1S/C61H67NO15/c1-29(2)13-12-24-59(8)25-23-38-52(76-59)37(21-16-30(3)4)54-44(53(38)75-57(70)33-17-19-34(20-18-33)73-58-51(67)50(66)49(65)41(28-63)74-58)47-45-42(43-46(62-47)35-14-10-11-15-36(35)48(43)64)39-27-40(31(5)6)61(45,77-54)60(71,55(39)68)26-22-32(7)56(69)72-9/h10-11,13-20,22-23,25,31,39-43,49-51,58,63,65-67,71H,12,21,24,26-28H2,1-9H3/b32-22-/t39?,40?,41-,42?,43?,49-,50+,51-,58-,59?,60?,61?/m1/s1. The summed E-state index contributed by atoms with van der Waals surface area (Å²) in [5.41, 5.74) is 0.790. The van der Waals surface area contributed by atoms with Crippen molar-refractivity contribution in [2.75, 3.05) is 13.7 Å². The maximum atomic E-state index is 15.7. The number of Topliss-reactive ketones (excluding diaryl/α,β-unsaturated/α-hetero) is 2. The number of hydrogen-bond acceptors (Lipinski definition) is 16. The maximum absolute atomic E-state index is 15.7. The molecule has 406 valence electrons. The smallest absolute Gasteiger partial charge is 0.343 e. The van der Waals surface area contributed by atoms with Crippen molar-refractivity contribution in [2.45, 2.75) is 135 Å². The molecule has 5 N–H and O–H groups in total. The lowest BCUT2D eigenvalue weighted by Gasteiger charge is -2.66. The first-order valence-corrected chi connectivity index (χ1v) is 26.4. The van der Waals surface area contributed by atoms with Gasteiger partial charge < -0.3 is 54.0 Å². The lowest BCUT2D eigenvalue weighted by Crippen LogP contribution is -2.79. The molecule has 7 unspecified atom stereocenters. The van der Waals surface area contributed by atoms with Crippen LogP contribution in [-0.4, -0.2) is 116 Å². The average molecular weight is 1050 g/mol. The number of aliphatic hydroxyl groups excluding tert-OH is 4. The van der Waals surface area contributed by atoms with Gasteiger partial charge in [0.1, 0.15) is 47.3 Å². The molecule has 1 spiro atoms. The van der Waals surface area contributed by atoms with Gasteiger partial charge in [-0.1, -0.05) is 67.5 Å². The van der Waals surface area contributed by atoms with E-state index in [2.05, 4.69) is 6.08 Å². The molecule has 0 radical (unpaired) electrons. The fraction of sp³-hybridized carbons (Fsp3) is 0.459. The Hall–Kier alpha value is -6.53. The molecule has 11 rings (SSSR count). The predicted octanol–water partition coefficient (Wildman–Crippen LogP) is 7.39. The summed E-state index contributed by atoms with van der Waals surface area (Å²) in [6.07, 6.45) is 3.32. The Kier molecular flexibility index (Phi) is 14.0. The van der Waals surface area contributed by atoms with Crippen LogP contribution in [-0.2, 0) is 25.5 Å². The minimum atomic E-state index is -2.32. The summed E-state index contributed by atoms with van der Waals surface area (Å²) in [5, 5.41) is 54.9. The normalized spacial score (nSPS) is 31.2. The zero-order valence-electron chi connectivity index (χ0n) is 44.8. The molecule has 3 aromatic carbocycles. The van der Waals surface area contributed by atoms with Crippen LogP contribution in [0.25, 0.3) is 11.8 Å². The summed E-state index contributed by atoms with van der Waals surface area (Å²) >= 11 is 0. The van der Waals surface area contributed by atoms with Crippen molar-refractivity contribution in [2.24, 2.45) is 34.6 Å². The first-order valence-electron chi connectivity index (χ1n) is 26.4. The molecule has 3 saturated carbocycles. The van der Waals surface area contributed by atoms with Gasteiger partial charge in [-0.2, -0.15) is 0 Å². The van der Waals surface area contributed by atoms with E-state index in [-0.39, 0.29) is 64.9 Å². The van der Waals surface area contributed by atoms with Crippen LogP contribution in [0.15, 0.2) is 100 Å². The van der Waals surface area contributed by atoms with Gasteiger partial charge in [0.2, 0.25) is 6.29 Å². The van der Waals surface area contributed by atoms with Crippen LogP contribution in [0, 0.1) is 29.6 Å². The minimum Gasteiger partial charge on any atom is -0.482 e. The van der Waals surface area contributed by atoms with Crippen molar-refractivity contribution < 1.29 is 73.1 Å². The Labute approximate surface area is 447 Å². The maximum Gasteiger partial charge on any atom is 0.343 e. The largest absolute Gasteiger partial charge is 0.482 e. The van der Waals surface area contributed by atoms with Crippen molar-refractivity contribution in [1.82, 2.24) is 0 Å². The van der Waals surface area contributed by atoms with E-state index in [4.69, 9.17) is 33.4 Å². The van der Waals surface area contributed by atoms with Crippen LogP contribution in [0.4, 0.5) is 0 Å². The van der Waals surface area contributed by atoms with E-state index < -0.39 is 95.5 Å². The topological polar surface area (TPSA) is 237 Å². The molecule has 4 fully saturated rings. The molecule has 2 bridgehead atoms. The highest BCUT2D eigenvalue weighted by Crippen LogP contribution is 2.70. The van der Waals surface area contributed by atoms with Crippen molar-refractivity contribution in [1.29, 1.82) is 0 Å². The molecule has 4 aliphatic carbocycles. The van der Waals surface area contributed by atoms with Crippen LogP contribution in [0.1, 0.15) is 124 Å². The number of ketones is 2. The predicted molar refractivity (Wildman–Crippen MR) is 283 cm³/mol. The molecular weight excluding hydrogens is 987 g/mol. The highest BCUT2D eigenvalue weighted by molar-refractivity contribution is 6.31. The molecule has 16 nitrogen and oxygen atoms in total. The second kappa shape index (κ2) is 20.0. The summed E-state index contributed by atoms with van der Waals surface area (Å²) in [6.45, 7) is 14.9. The monoisotopic (exact) mass is 1050 g/mol. The number of methoxy groups -OCH3 is 1. The quantitative estimate of drug-likeness (QED) is 0.0458. The van der Waals surface area contributed by atoms with E-state index >= 15 is 4.79 Å². The van der Waals surface area contributed by atoms with E-state index in [1.165, 1.54) is 37.5 Å². The molecule has 0 amide bonds. The Balaban J connectivity index is 1.22. The number of nitrogens with zero attached hydrogens (tertiary/aromatic N) is 1. The van der Waals surface area contributed by atoms with Crippen LogP contribution in [0.2, 0.25) is 0 Å². The third kappa shape index (κ3) is 8.63. The Morgan fingerprint density at radius 3 is 2.26 bits per heavy atom. The highest BCUT2D eigenvalue weighted by atomic mass is 16.7. The fourth-order valence-corrected chi connectivity index (χ4v) is 12.8. The van der Waals surface area contributed by atoms with E-state index in [9.17, 15) is 39.9 Å². The van der Waals surface area contributed by atoms with Crippen molar-refractivity contribution in [3.05, 3.63) is 129 Å². The van der Waals surface area contributed by atoms with E-state index in [0.29, 0.717) is 57.8 Å². The first-order chi connectivity index (χ1) is 36.6. The number of benzene rings is 3. The van der Waals surface area contributed by atoms with Crippen LogP contribution < -0.4 is 18.9 Å². The first kappa shape index (κ1) is 53.9. The molecule has 1 saturated heterocycles. The Bertz CT molecular complexity index is 3150. The van der Waals surface area contributed by atoms with Gasteiger partial charge in [-0.15, -0.1) is 0 Å². The summed E-state index contributed by atoms with van der Waals surface area (Å²) in [6, 6.07) is 13.0. The molecular formula is C61H67NO15. The number of carbonyl (C=O) groups is 4. The van der Waals surface area contributed by atoms with E-state index in [1.54, 1.807) is 19.1 Å². The number of aliphatic imine (C=N–C) groups is 1. The molecule has 4 aliphatic heterocycles. The number of rotatable bonds is 14. The van der Waals surface area contributed by atoms with Gasteiger partial charge in [0.25, 0.3) is 0 Å². The highest BCUT2D eigenvalue weighted by Gasteiger charge is 2.78. The molecule has 3 aromatic rings. The van der Waals surface area contributed by atoms with Gasteiger partial charge >= 0.3 is 11.9 Å². The average Bonchev–Trinajstić information content (AvgIpc) is 3.88. The zero-order valence-corrected chi connectivity index (χ0v) is 44.8. The lowest BCUT2D eigenvalue weighted by molar-refractivity contribution is -0.277. The zero-order chi connectivity index (χ0) is 55.2. The van der Waals surface area contributed by atoms with Gasteiger partial charge in [-0.25, -0.2) is 9.59 Å². The summed E-state index contributed by atoms with van der Waals surface area (Å²) < 4.78 is 38.1. The Morgan fingerprint density at radius 2 is 1.60 bits per heavy atom. The van der Waals surface area contributed by atoms with Crippen LogP contribution >= 0.6 is 0 Å². The van der Waals surface area contributed by atoms with Crippen molar-refractivity contribution in [3.8, 4) is 23.0 Å². The van der Waals surface area contributed by atoms with Crippen LogP contribution in [0.3, 0.4) is 0 Å². The molecule has 16 heteroatoms. The number of allylic oxidation sites excluding steroid dienone is 4. The van der Waals surface area contributed by atoms with Crippen molar-refractivity contribution in [3.63, 3.8) is 0 Å². The van der Waals surface area contributed by atoms with Gasteiger partial charge in [-0.05, 0) is 110 Å². The number of esters is 2. The second-order valence-electron chi connectivity index (χ2n) is 22.5. The number of hydrogen-bond donors (Lipinski definition) is 5.